The third kappa shape index (κ3) is 2.14. The molecule has 3 unspecified atom stereocenters. The van der Waals surface area contributed by atoms with Gasteiger partial charge in [0.2, 0.25) is 0 Å². The number of aliphatic hydroxyl groups excluding tert-OH is 1. The number of halogens is 3. The maximum Gasteiger partial charge on any atom is 0.416 e. The van der Waals surface area contributed by atoms with Crippen LogP contribution >= 0.6 is 0 Å². The molecule has 2 aliphatic rings. The van der Waals surface area contributed by atoms with Gasteiger partial charge in [-0.2, -0.15) is 13.2 Å². The van der Waals surface area contributed by atoms with Gasteiger partial charge in [0.25, 0.3) is 0 Å². The number of alkyl halides is 3. The van der Waals surface area contributed by atoms with Crippen LogP contribution in [0.2, 0.25) is 0 Å². The van der Waals surface area contributed by atoms with E-state index in [1.54, 1.807) is 0 Å². The van der Waals surface area contributed by atoms with Crippen molar-refractivity contribution in [2.24, 2.45) is 17.8 Å². The minimum Gasteiger partial charge on any atom is -0.388 e. The van der Waals surface area contributed by atoms with E-state index in [2.05, 4.69) is 0 Å². The van der Waals surface area contributed by atoms with Gasteiger partial charge in [0.1, 0.15) is 0 Å². The van der Waals surface area contributed by atoms with Crippen molar-refractivity contribution >= 4 is 0 Å². The van der Waals surface area contributed by atoms with Crippen LogP contribution < -0.4 is 0 Å². The number of aliphatic hydroxyl groups is 1. The van der Waals surface area contributed by atoms with Crippen molar-refractivity contribution in [3.63, 3.8) is 0 Å². The normalized spacial score (nSPS) is 32.1. The highest BCUT2D eigenvalue weighted by Gasteiger charge is 2.47. The predicted octanol–water partition coefficient (Wildman–Crippen LogP) is 3.78. The van der Waals surface area contributed by atoms with Crippen LogP contribution in [0.4, 0.5) is 13.2 Å². The minimum absolute atomic E-state index is 0.227. The first-order chi connectivity index (χ1) is 8.45. The lowest BCUT2D eigenvalue weighted by Gasteiger charge is -2.20. The van der Waals surface area contributed by atoms with Gasteiger partial charge in [-0.1, -0.05) is 12.1 Å². The van der Waals surface area contributed by atoms with Crippen LogP contribution in [0, 0.1) is 17.8 Å². The van der Waals surface area contributed by atoms with Gasteiger partial charge in [0.05, 0.1) is 11.7 Å². The second-order valence-electron chi connectivity index (χ2n) is 5.55. The van der Waals surface area contributed by atoms with Gasteiger partial charge in [-0.15, -0.1) is 0 Å². The van der Waals surface area contributed by atoms with Gasteiger partial charge in [0.15, 0.2) is 0 Å². The fraction of sp³-hybridized carbons (Fsp3) is 0.571. The van der Waals surface area contributed by atoms with Crippen LogP contribution in [-0.4, -0.2) is 5.11 Å². The first-order valence-electron chi connectivity index (χ1n) is 6.30. The Bertz CT molecular complexity index is 427. The number of fused-ring (bicyclic) bond motifs is 1. The molecule has 0 saturated heterocycles. The van der Waals surface area contributed by atoms with Gasteiger partial charge < -0.3 is 5.11 Å². The molecule has 1 N–H and O–H groups in total. The molecule has 4 heteroatoms. The van der Waals surface area contributed by atoms with Crippen LogP contribution in [0.25, 0.3) is 0 Å². The van der Waals surface area contributed by atoms with E-state index < -0.39 is 17.8 Å². The standard InChI is InChI=1S/C14H15F3O/c15-14(16,17)12-3-1-8(2-4-12)13(18)11-6-9-5-10(9)7-11/h1-4,9-11,13,18H,5-7H2. The molecule has 0 spiro atoms. The number of hydrogen-bond acceptors (Lipinski definition) is 1. The Balaban J connectivity index is 1.72. The van der Waals surface area contributed by atoms with Crippen molar-refractivity contribution in [2.45, 2.75) is 31.5 Å². The van der Waals surface area contributed by atoms with E-state index in [4.69, 9.17) is 0 Å². The summed E-state index contributed by atoms with van der Waals surface area (Å²) in [7, 11) is 0. The Labute approximate surface area is 104 Å². The fourth-order valence-corrected chi connectivity index (χ4v) is 3.16. The molecule has 0 bridgehead atoms. The van der Waals surface area contributed by atoms with Crippen molar-refractivity contribution in [3.05, 3.63) is 35.4 Å². The molecule has 1 aromatic carbocycles. The Kier molecular flexibility index (Phi) is 2.66. The SMILES string of the molecule is OC(c1ccc(C(F)(F)F)cc1)C1CC2CC2C1. The molecule has 0 amide bonds. The maximum absolute atomic E-state index is 12.4. The highest BCUT2D eigenvalue weighted by atomic mass is 19.4. The topological polar surface area (TPSA) is 20.2 Å². The van der Waals surface area contributed by atoms with E-state index in [9.17, 15) is 18.3 Å². The average Bonchev–Trinajstić information content (AvgIpc) is 2.94. The summed E-state index contributed by atoms with van der Waals surface area (Å²) in [4.78, 5) is 0. The van der Waals surface area contributed by atoms with E-state index in [1.165, 1.54) is 18.6 Å². The summed E-state index contributed by atoms with van der Waals surface area (Å²) in [6.07, 6.45) is -1.60. The Morgan fingerprint density at radius 2 is 1.56 bits per heavy atom. The lowest BCUT2D eigenvalue weighted by atomic mass is 9.91. The second-order valence-corrected chi connectivity index (χ2v) is 5.55. The molecule has 0 aromatic heterocycles. The van der Waals surface area contributed by atoms with Gasteiger partial charge in [-0.3, -0.25) is 0 Å². The summed E-state index contributed by atoms with van der Waals surface area (Å²) < 4.78 is 37.2. The van der Waals surface area contributed by atoms with Crippen molar-refractivity contribution in [1.82, 2.24) is 0 Å². The molecule has 0 radical (unpaired) electrons. The molecule has 2 saturated carbocycles. The minimum atomic E-state index is -4.31. The van der Waals surface area contributed by atoms with Crippen LogP contribution in [-0.2, 0) is 6.18 Å². The van der Waals surface area contributed by atoms with Gasteiger partial charge >= 0.3 is 6.18 Å². The molecule has 98 valence electrons. The molecule has 0 aliphatic heterocycles. The molecular formula is C14H15F3O. The largest absolute Gasteiger partial charge is 0.416 e. The second kappa shape index (κ2) is 3.98. The van der Waals surface area contributed by atoms with E-state index in [1.807, 2.05) is 0 Å². The van der Waals surface area contributed by atoms with Crippen LogP contribution in [0.15, 0.2) is 24.3 Å². The molecule has 0 heterocycles. The summed E-state index contributed by atoms with van der Waals surface area (Å²) in [5.41, 5.74) is -0.0537. The van der Waals surface area contributed by atoms with Crippen molar-refractivity contribution in [1.29, 1.82) is 0 Å². The summed E-state index contributed by atoms with van der Waals surface area (Å²) in [5.74, 6) is 1.75. The zero-order valence-electron chi connectivity index (χ0n) is 9.82. The van der Waals surface area contributed by atoms with E-state index in [0.29, 0.717) is 5.56 Å². The summed E-state index contributed by atoms with van der Waals surface area (Å²) in [5, 5.41) is 10.2. The Morgan fingerprint density at radius 1 is 1.00 bits per heavy atom. The summed E-state index contributed by atoms with van der Waals surface area (Å²) in [6, 6.07) is 4.90. The van der Waals surface area contributed by atoms with E-state index >= 15 is 0 Å². The average molecular weight is 256 g/mol. The summed E-state index contributed by atoms with van der Waals surface area (Å²) in [6.45, 7) is 0. The Hall–Kier alpha value is -1.03. The van der Waals surface area contributed by atoms with E-state index in [0.717, 1.165) is 36.8 Å². The third-order valence-corrected chi connectivity index (χ3v) is 4.31. The molecule has 2 aliphatic carbocycles. The van der Waals surface area contributed by atoms with Crippen molar-refractivity contribution < 1.29 is 18.3 Å². The molecule has 3 rings (SSSR count). The van der Waals surface area contributed by atoms with Gasteiger partial charge in [0, 0.05) is 0 Å². The molecule has 3 atom stereocenters. The predicted molar refractivity (Wildman–Crippen MR) is 60.7 cm³/mol. The lowest BCUT2D eigenvalue weighted by Crippen LogP contribution is -2.11. The highest BCUT2D eigenvalue weighted by Crippen LogP contribution is 2.57. The summed E-state index contributed by atoms with van der Waals surface area (Å²) >= 11 is 0. The molecule has 1 aromatic rings. The molecule has 18 heavy (non-hydrogen) atoms. The Morgan fingerprint density at radius 3 is 2.06 bits per heavy atom. The smallest absolute Gasteiger partial charge is 0.388 e. The van der Waals surface area contributed by atoms with Gasteiger partial charge in [-0.25, -0.2) is 0 Å². The number of hydrogen-bond donors (Lipinski definition) is 1. The van der Waals surface area contributed by atoms with Crippen molar-refractivity contribution in [3.8, 4) is 0 Å². The molecule has 2 fully saturated rings. The van der Waals surface area contributed by atoms with Crippen LogP contribution in [0.3, 0.4) is 0 Å². The fourth-order valence-electron chi connectivity index (χ4n) is 3.16. The van der Waals surface area contributed by atoms with Crippen LogP contribution in [0.1, 0.15) is 36.5 Å². The maximum atomic E-state index is 12.4. The molecular weight excluding hydrogens is 241 g/mol. The molecule has 1 nitrogen and oxygen atoms in total. The van der Waals surface area contributed by atoms with E-state index in [-0.39, 0.29) is 5.92 Å². The quantitative estimate of drug-likeness (QED) is 0.853. The number of benzene rings is 1. The monoisotopic (exact) mass is 256 g/mol. The van der Waals surface area contributed by atoms with Crippen molar-refractivity contribution in [2.75, 3.05) is 0 Å². The first kappa shape index (κ1) is 12.0. The highest BCUT2D eigenvalue weighted by molar-refractivity contribution is 5.26. The van der Waals surface area contributed by atoms with Crippen LogP contribution in [0.5, 0.6) is 0 Å². The third-order valence-electron chi connectivity index (χ3n) is 4.31. The zero-order chi connectivity index (χ0) is 12.9. The lowest BCUT2D eigenvalue weighted by molar-refractivity contribution is -0.137. The number of rotatable bonds is 2. The zero-order valence-corrected chi connectivity index (χ0v) is 9.82. The first-order valence-corrected chi connectivity index (χ1v) is 6.30. The van der Waals surface area contributed by atoms with Gasteiger partial charge in [-0.05, 0) is 54.7 Å².